The fraction of sp³-hybridized carbons (Fsp3) is 0.600. The first kappa shape index (κ1) is 13.4. The Morgan fingerprint density at radius 2 is 2.28 bits per heavy atom. The van der Waals surface area contributed by atoms with Gasteiger partial charge in [0, 0.05) is 32.2 Å². The Bertz CT molecular complexity index is 379. The second kappa shape index (κ2) is 6.21. The summed E-state index contributed by atoms with van der Waals surface area (Å²) >= 11 is 0. The summed E-state index contributed by atoms with van der Waals surface area (Å²) in [6.45, 7) is 10.7. The number of ether oxygens (including phenoxy) is 1. The average Bonchev–Trinajstić information content (AvgIpc) is 2.28. The van der Waals surface area contributed by atoms with Gasteiger partial charge in [-0.2, -0.15) is 0 Å². The number of nitrogens with zero attached hydrogens (tertiary/aromatic N) is 1. The van der Waals surface area contributed by atoms with Crippen molar-refractivity contribution in [3.63, 3.8) is 0 Å². The molecule has 0 bridgehead atoms. The molecule has 1 atom stereocenters. The first-order chi connectivity index (χ1) is 8.63. The number of piperazine rings is 1. The Morgan fingerprint density at radius 3 is 3.00 bits per heavy atom. The highest BCUT2D eigenvalue weighted by Crippen LogP contribution is 2.16. The highest BCUT2D eigenvalue weighted by molar-refractivity contribution is 5.28. The fourth-order valence-corrected chi connectivity index (χ4v) is 2.40. The summed E-state index contributed by atoms with van der Waals surface area (Å²) in [6, 6.07) is 9.05. The van der Waals surface area contributed by atoms with Crippen LogP contribution in [-0.2, 0) is 6.54 Å². The largest absolute Gasteiger partial charge is 0.491 e. The molecule has 3 heteroatoms. The first-order valence-corrected chi connectivity index (χ1v) is 6.85. The van der Waals surface area contributed by atoms with Crippen LogP contribution in [0.25, 0.3) is 0 Å². The van der Waals surface area contributed by atoms with Crippen molar-refractivity contribution < 1.29 is 4.74 Å². The van der Waals surface area contributed by atoms with Gasteiger partial charge in [-0.25, -0.2) is 0 Å². The molecule has 0 aliphatic carbocycles. The molecule has 1 heterocycles. The molecule has 0 amide bonds. The molecular weight excluding hydrogens is 224 g/mol. The van der Waals surface area contributed by atoms with Gasteiger partial charge in [0.05, 0.1) is 6.10 Å². The van der Waals surface area contributed by atoms with Crippen LogP contribution >= 0.6 is 0 Å². The fourth-order valence-electron chi connectivity index (χ4n) is 2.40. The SMILES string of the molecule is CC(C)Oc1cccc(CN2CCN[C@H](C)C2)c1. The van der Waals surface area contributed by atoms with Crippen LogP contribution in [-0.4, -0.2) is 36.7 Å². The molecule has 0 spiro atoms. The van der Waals surface area contributed by atoms with Gasteiger partial charge in [0.2, 0.25) is 0 Å². The van der Waals surface area contributed by atoms with Crippen molar-refractivity contribution in [1.82, 2.24) is 10.2 Å². The molecule has 100 valence electrons. The molecule has 1 saturated heterocycles. The Labute approximate surface area is 110 Å². The molecule has 2 rings (SSSR count). The molecule has 1 aromatic carbocycles. The number of nitrogens with one attached hydrogen (secondary N) is 1. The van der Waals surface area contributed by atoms with Crippen molar-refractivity contribution in [2.75, 3.05) is 19.6 Å². The summed E-state index contributed by atoms with van der Waals surface area (Å²) in [6.07, 6.45) is 0.236. The maximum Gasteiger partial charge on any atom is 0.120 e. The van der Waals surface area contributed by atoms with Crippen molar-refractivity contribution in [3.8, 4) is 5.75 Å². The van der Waals surface area contributed by atoms with E-state index < -0.39 is 0 Å². The maximum absolute atomic E-state index is 5.73. The molecule has 0 aromatic heterocycles. The van der Waals surface area contributed by atoms with E-state index in [1.807, 2.05) is 6.07 Å². The van der Waals surface area contributed by atoms with E-state index in [2.05, 4.69) is 49.2 Å². The maximum atomic E-state index is 5.73. The highest BCUT2D eigenvalue weighted by Gasteiger charge is 2.15. The van der Waals surface area contributed by atoms with Crippen molar-refractivity contribution in [2.24, 2.45) is 0 Å². The van der Waals surface area contributed by atoms with E-state index in [1.165, 1.54) is 5.56 Å². The van der Waals surface area contributed by atoms with Crippen LogP contribution < -0.4 is 10.1 Å². The normalized spacial score (nSPS) is 21.2. The van der Waals surface area contributed by atoms with Crippen molar-refractivity contribution in [3.05, 3.63) is 29.8 Å². The molecule has 18 heavy (non-hydrogen) atoms. The molecule has 0 saturated carbocycles. The third-order valence-corrected chi connectivity index (χ3v) is 3.13. The molecule has 1 aromatic rings. The summed E-state index contributed by atoms with van der Waals surface area (Å²) in [5.74, 6) is 0.977. The molecule has 1 aliphatic rings. The Morgan fingerprint density at radius 1 is 1.44 bits per heavy atom. The third kappa shape index (κ3) is 4.00. The molecular formula is C15H24N2O. The van der Waals surface area contributed by atoms with E-state index in [0.717, 1.165) is 31.9 Å². The summed E-state index contributed by atoms with van der Waals surface area (Å²) in [7, 11) is 0. The van der Waals surface area contributed by atoms with Gasteiger partial charge >= 0.3 is 0 Å². The summed E-state index contributed by atoms with van der Waals surface area (Å²) < 4.78 is 5.73. The summed E-state index contributed by atoms with van der Waals surface area (Å²) in [5.41, 5.74) is 1.34. The van der Waals surface area contributed by atoms with Gasteiger partial charge in [0.25, 0.3) is 0 Å². The molecule has 3 nitrogen and oxygen atoms in total. The van der Waals surface area contributed by atoms with Gasteiger partial charge < -0.3 is 10.1 Å². The van der Waals surface area contributed by atoms with E-state index in [1.54, 1.807) is 0 Å². The number of benzene rings is 1. The molecule has 1 aliphatic heterocycles. The lowest BCUT2D eigenvalue weighted by molar-refractivity contribution is 0.199. The van der Waals surface area contributed by atoms with Crippen LogP contribution in [0.5, 0.6) is 5.75 Å². The number of rotatable bonds is 4. The number of hydrogen-bond donors (Lipinski definition) is 1. The lowest BCUT2D eigenvalue weighted by Gasteiger charge is -2.31. The molecule has 0 radical (unpaired) electrons. The van der Waals surface area contributed by atoms with Gasteiger partial charge in [0.15, 0.2) is 0 Å². The summed E-state index contributed by atoms with van der Waals surface area (Å²) in [5, 5.41) is 3.47. The van der Waals surface area contributed by atoms with Gasteiger partial charge in [-0.05, 0) is 38.5 Å². The lowest BCUT2D eigenvalue weighted by Crippen LogP contribution is -2.48. The Kier molecular flexibility index (Phi) is 4.61. The van der Waals surface area contributed by atoms with Crippen LogP contribution in [0.3, 0.4) is 0 Å². The van der Waals surface area contributed by atoms with E-state index in [4.69, 9.17) is 4.74 Å². The van der Waals surface area contributed by atoms with Crippen LogP contribution in [0.15, 0.2) is 24.3 Å². The first-order valence-electron chi connectivity index (χ1n) is 6.85. The predicted molar refractivity (Wildman–Crippen MR) is 74.9 cm³/mol. The smallest absolute Gasteiger partial charge is 0.120 e. The molecule has 0 unspecified atom stereocenters. The van der Waals surface area contributed by atoms with Crippen LogP contribution in [0.4, 0.5) is 0 Å². The second-order valence-electron chi connectivity index (χ2n) is 5.40. The topological polar surface area (TPSA) is 24.5 Å². The Balaban J connectivity index is 1.96. The van der Waals surface area contributed by atoms with Crippen LogP contribution in [0.2, 0.25) is 0 Å². The van der Waals surface area contributed by atoms with Gasteiger partial charge in [-0.1, -0.05) is 12.1 Å². The van der Waals surface area contributed by atoms with E-state index in [-0.39, 0.29) is 6.10 Å². The zero-order valence-electron chi connectivity index (χ0n) is 11.6. The second-order valence-corrected chi connectivity index (χ2v) is 5.40. The van der Waals surface area contributed by atoms with E-state index >= 15 is 0 Å². The van der Waals surface area contributed by atoms with Crippen LogP contribution in [0.1, 0.15) is 26.3 Å². The third-order valence-electron chi connectivity index (χ3n) is 3.13. The average molecular weight is 248 g/mol. The van der Waals surface area contributed by atoms with E-state index in [9.17, 15) is 0 Å². The lowest BCUT2D eigenvalue weighted by atomic mass is 10.1. The van der Waals surface area contributed by atoms with Crippen molar-refractivity contribution in [2.45, 2.75) is 39.5 Å². The molecule has 1 fully saturated rings. The summed E-state index contributed by atoms with van der Waals surface area (Å²) in [4.78, 5) is 2.50. The zero-order valence-corrected chi connectivity index (χ0v) is 11.6. The van der Waals surface area contributed by atoms with Crippen molar-refractivity contribution >= 4 is 0 Å². The van der Waals surface area contributed by atoms with Crippen LogP contribution in [0, 0.1) is 0 Å². The number of hydrogen-bond acceptors (Lipinski definition) is 3. The van der Waals surface area contributed by atoms with E-state index in [0.29, 0.717) is 6.04 Å². The minimum absolute atomic E-state index is 0.236. The quantitative estimate of drug-likeness (QED) is 0.884. The predicted octanol–water partition coefficient (Wildman–Crippen LogP) is 2.27. The van der Waals surface area contributed by atoms with Crippen molar-refractivity contribution in [1.29, 1.82) is 0 Å². The monoisotopic (exact) mass is 248 g/mol. The standard InChI is InChI=1S/C15H24N2O/c1-12(2)18-15-6-4-5-14(9-15)11-17-8-7-16-13(3)10-17/h4-6,9,12-13,16H,7-8,10-11H2,1-3H3/t13-/m1/s1. The van der Waals surface area contributed by atoms with Gasteiger partial charge in [-0.3, -0.25) is 4.90 Å². The molecule has 1 N–H and O–H groups in total. The zero-order chi connectivity index (χ0) is 13.0. The Hall–Kier alpha value is -1.06. The van der Waals surface area contributed by atoms with Gasteiger partial charge in [0.1, 0.15) is 5.75 Å². The minimum atomic E-state index is 0.236. The minimum Gasteiger partial charge on any atom is -0.491 e. The van der Waals surface area contributed by atoms with Gasteiger partial charge in [-0.15, -0.1) is 0 Å². The highest BCUT2D eigenvalue weighted by atomic mass is 16.5.